The molecule has 0 aliphatic rings. The molecule has 0 aliphatic heterocycles. The van der Waals surface area contributed by atoms with Gasteiger partial charge in [0.15, 0.2) is 0 Å². The normalized spacial score (nSPS) is 9.43. The van der Waals surface area contributed by atoms with Gasteiger partial charge in [-0.2, -0.15) is 0 Å². The summed E-state index contributed by atoms with van der Waals surface area (Å²) in [7, 11) is 0. The van der Waals surface area contributed by atoms with Crippen LogP contribution in [0.4, 0.5) is 0 Å². The predicted molar refractivity (Wildman–Crippen MR) is 31.5 cm³/mol. The van der Waals surface area contributed by atoms with E-state index in [0.29, 0.717) is 0 Å². The van der Waals surface area contributed by atoms with Crippen LogP contribution < -0.4 is 4.48 Å². The minimum absolute atomic E-state index is 1.15. The molecule has 0 fully saturated rings. The Morgan fingerprint density at radius 2 is 2.57 bits per heavy atom. The zero-order valence-corrected chi connectivity index (χ0v) is 6.52. The standard InChI is InChI=1S/C4H7AsN2/c1-3-2-6-7-4(3)5/h2H,5H2,1H3,(H,6,7). The first-order chi connectivity index (χ1) is 3.30. The molecule has 1 atom stereocenters. The van der Waals surface area contributed by atoms with Crippen LogP contribution in [-0.4, -0.2) is 27.1 Å². The van der Waals surface area contributed by atoms with Crippen LogP contribution in [0.5, 0.6) is 0 Å². The van der Waals surface area contributed by atoms with Crippen LogP contribution in [0.2, 0.25) is 0 Å². The van der Waals surface area contributed by atoms with Gasteiger partial charge in [-0.05, 0) is 0 Å². The van der Waals surface area contributed by atoms with Crippen molar-refractivity contribution in [2.24, 2.45) is 0 Å². The quantitative estimate of drug-likeness (QED) is 0.481. The summed E-state index contributed by atoms with van der Waals surface area (Å²) in [6.07, 6.45) is 1.90. The summed E-state index contributed by atoms with van der Waals surface area (Å²) in [5, 5.41) is 6.68. The molecule has 1 rings (SSSR count). The van der Waals surface area contributed by atoms with Crippen molar-refractivity contribution >= 4 is 21.3 Å². The van der Waals surface area contributed by atoms with E-state index in [2.05, 4.69) is 10.2 Å². The topological polar surface area (TPSA) is 28.7 Å². The number of H-pyrrole nitrogens is 1. The van der Waals surface area contributed by atoms with Gasteiger partial charge in [0.1, 0.15) is 0 Å². The number of rotatable bonds is 0. The molecule has 0 aliphatic carbocycles. The summed E-state index contributed by atoms with van der Waals surface area (Å²) in [5.74, 6) is 0. The van der Waals surface area contributed by atoms with E-state index < -0.39 is 0 Å². The molecule has 3 heteroatoms. The zero-order chi connectivity index (χ0) is 5.28. The molecule has 0 saturated heterocycles. The van der Waals surface area contributed by atoms with Crippen LogP contribution in [-0.2, 0) is 0 Å². The number of nitrogens with one attached hydrogen (secondary N) is 1. The fourth-order valence-corrected chi connectivity index (χ4v) is 0.692. The Morgan fingerprint density at radius 3 is 2.71 bits per heavy atom. The van der Waals surface area contributed by atoms with E-state index in [-0.39, 0.29) is 0 Å². The molecule has 0 spiro atoms. The molecule has 1 aromatic heterocycles. The summed E-state index contributed by atoms with van der Waals surface area (Å²) < 4.78 is 1.15. The summed E-state index contributed by atoms with van der Waals surface area (Å²) in [6.45, 7) is 2.04. The molecule has 0 saturated carbocycles. The van der Waals surface area contributed by atoms with Crippen molar-refractivity contribution < 1.29 is 0 Å². The van der Waals surface area contributed by atoms with Crippen LogP contribution in [0, 0.1) is 6.92 Å². The molecule has 1 unspecified atom stereocenters. The number of aryl methyl sites for hydroxylation is 1. The molecule has 0 radical (unpaired) electrons. The van der Waals surface area contributed by atoms with E-state index in [1.165, 1.54) is 5.56 Å². The van der Waals surface area contributed by atoms with Crippen LogP contribution >= 0.6 is 0 Å². The Kier molecular flexibility index (Phi) is 1.20. The molecular weight excluding hydrogens is 151 g/mol. The first-order valence-corrected chi connectivity index (χ1v) is 3.27. The van der Waals surface area contributed by atoms with Gasteiger partial charge < -0.3 is 0 Å². The third-order valence-electron chi connectivity index (χ3n) is 0.870. The van der Waals surface area contributed by atoms with Gasteiger partial charge in [-0.3, -0.25) is 0 Å². The van der Waals surface area contributed by atoms with Gasteiger partial charge in [-0.25, -0.2) is 0 Å². The average molecular weight is 158 g/mol. The summed E-state index contributed by atoms with van der Waals surface area (Å²) in [5.41, 5.74) is 1.25. The average Bonchev–Trinajstić information content (AvgIpc) is 1.91. The molecular formula is C4H7AsN2. The van der Waals surface area contributed by atoms with Crippen LogP contribution in [0.3, 0.4) is 0 Å². The second-order valence-electron chi connectivity index (χ2n) is 1.45. The van der Waals surface area contributed by atoms with Gasteiger partial charge in [-0.1, -0.05) is 0 Å². The Morgan fingerprint density at radius 1 is 1.86 bits per heavy atom. The Hall–Kier alpha value is -0.232. The number of nitrogens with zero attached hydrogens (tertiary/aromatic N) is 1. The van der Waals surface area contributed by atoms with Crippen molar-refractivity contribution in [1.29, 1.82) is 0 Å². The number of aromatic nitrogens is 2. The molecule has 7 heavy (non-hydrogen) atoms. The van der Waals surface area contributed by atoms with Gasteiger partial charge in [0.2, 0.25) is 0 Å². The van der Waals surface area contributed by atoms with Crippen molar-refractivity contribution in [1.82, 2.24) is 10.2 Å². The number of hydrogen-bond donors (Lipinski definition) is 1. The van der Waals surface area contributed by atoms with E-state index in [1.54, 1.807) is 16.9 Å². The molecule has 0 amide bonds. The molecule has 0 aromatic carbocycles. The molecule has 2 nitrogen and oxygen atoms in total. The van der Waals surface area contributed by atoms with Crippen molar-refractivity contribution in [2.75, 3.05) is 0 Å². The second kappa shape index (κ2) is 1.71. The Bertz CT molecular complexity index is 142. The third-order valence-corrected chi connectivity index (χ3v) is 2.10. The van der Waals surface area contributed by atoms with E-state index in [1.807, 2.05) is 13.1 Å². The van der Waals surface area contributed by atoms with Crippen LogP contribution in [0.25, 0.3) is 0 Å². The maximum absolute atomic E-state index is 3.92. The summed E-state index contributed by atoms with van der Waals surface area (Å²) in [6, 6.07) is 0. The van der Waals surface area contributed by atoms with E-state index in [0.717, 1.165) is 4.48 Å². The fraction of sp³-hybridized carbons (Fsp3) is 0.250. The fourth-order valence-electron chi connectivity index (χ4n) is 0.361. The summed E-state index contributed by atoms with van der Waals surface area (Å²) >= 11 is 1.56. The molecule has 0 bridgehead atoms. The van der Waals surface area contributed by atoms with Crippen molar-refractivity contribution in [3.63, 3.8) is 0 Å². The Labute approximate surface area is 50.8 Å². The van der Waals surface area contributed by atoms with Gasteiger partial charge in [0.05, 0.1) is 0 Å². The van der Waals surface area contributed by atoms with Crippen molar-refractivity contribution in [2.45, 2.75) is 6.92 Å². The van der Waals surface area contributed by atoms with Crippen LogP contribution in [0.15, 0.2) is 6.20 Å². The van der Waals surface area contributed by atoms with Crippen molar-refractivity contribution in [3.8, 4) is 0 Å². The maximum atomic E-state index is 3.92. The number of hydrogen-bond acceptors (Lipinski definition) is 1. The van der Waals surface area contributed by atoms with E-state index >= 15 is 0 Å². The molecule has 38 valence electrons. The number of aromatic amines is 1. The SMILES string of the molecule is Cc1c[nH]nc1[AsH2]. The van der Waals surface area contributed by atoms with Crippen LogP contribution in [0.1, 0.15) is 5.56 Å². The van der Waals surface area contributed by atoms with Gasteiger partial charge in [0, 0.05) is 0 Å². The predicted octanol–water partition coefficient (Wildman–Crippen LogP) is -1.02. The second-order valence-corrected chi connectivity index (χ2v) is 2.60. The molecule has 1 N–H and O–H groups in total. The minimum atomic E-state index is 1.15. The monoisotopic (exact) mass is 158 g/mol. The van der Waals surface area contributed by atoms with E-state index in [4.69, 9.17) is 0 Å². The molecule has 1 aromatic rings. The molecule has 1 heterocycles. The van der Waals surface area contributed by atoms with Gasteiger partial charge >= 0.3 is 50.2 Å². The Balaban J connectivity index is 3.12. The zero-order valence-electron chi connectivity index (χ0n) is 4.10. The van der Waals surface area contributed by atoms with Crippen molar-refractivity contribution in [3.05, 3.63) is 11.8 Å². The summed E-state index contributed by atoms with van der Waals surface area (Å²) in [4.78, 5) is 0. The first kappa shape index (κ1) is 4.92. The van der Waals surface area contributed by atoms with E-state index in [9.17, 15) is 0 Å². The van der Waals surface area contributed by atoms with Gasteiger partial charge in [0.25, 0.3) is 0 Å². The first-order valence-electron chi connectivity index (χ1n) is 2.06. The third kappa shape index (κ3) is 0.858. The van der Waals surface area contributed by atoms with Gasteiger partial charge in [-0.15, -0.1) is 0 Å².